The third-order valence-electron chi connectivity index (χ3n) is 3.68. The van der Waals surface area contributed by atoms with E-state index in [-0.39, 0.29) is 6.04 Å². The van der Waals surface area contributed by atoms with Crippen molar-refractivity contribution in [2.75, 3.05) is 19.6 Å². The van der Waals surface area contributed by atoms with E-state index in [0.29, 0.717) is 6.54 Å². The van der Waals surface area contributed by atoms with Crippen molar-refractivity contribution in [2.24, 2.45) is 11.7 Å². The molecule has 1 aliphatic rings. The number of benzene rings is 1. The smallest absolute Gasteiger partial charge is 0.0485 e. The summed E-state index contributed by atoms with van der Waals surface area (Å²) in [7, 11) is 0. The molecule has 1 saturated carbocycles. The molecule has 0 amide bonds. The van der Waals surface area contributed by atoms with Crippen molar-refractivity contribution in [3.8, 4) is 0 Å². The maximum atomic E-state index is 6.33. The Hall–Kier alpha value is -0.280. The highest BCUT2D eigenvalue weighted by atomic mass is 35.5. The molecule has 106 valence electrons. The van der Waals surface area contributed by atoms with E-state index >= 15 is 0 Å². The van der Waals surface area contributed by atoms with E-state index in [0.717, 1.165) is 41.0 Å². The lowest BCUT2D eigenvalue weighted by Gasteiger charge is -2.31. The Morgan fingerprint density at radius 1 is 1.37 bits per heavy atom. The van der Waals surface area contributed by atoms with Crippen LogP contribution in [0.2, 0.25) is 10.0 Å². The van der Waals surface area contributed by atoms with Gasteiger partial charge in [-0.2, -0.15) is 0 Å². The van der Waals surface area contributed by atoms with Crippen LogP contribution in [-0.2, 0) is 0 Å². The van der Waals surface area contributed by atoms with Gasteiger partial charge in [-0.1, -0.05) is 30.1 Å². The molecule has 2 rings (SSSR count). The van der Waals surface area contributed by atoms with Gasteiger partial charge in [0.15, 0.2) is 0 Å². The Morgan fingerprint density at radius 3 is 2.68 bits per heavy atom. The summed E-state index contributed by atoms with van der Waals surface area (Å²) in [4.78, 5) is 2.47. The summed E-state index contributed by atoms with van der Waals surface area (Å²) in [6.07, 6.45) is 3.82. The van der Waals surface area contributed by atoms with Crippen LogP contribution in [0.5, 0.6) is 0 Å². The van der Waals surface area contributed by atoms with Gasteiger partial charge in [0.2, 0.25) is 0 Å². The molecule has 1 unspecified atom stereocenters. The summed E-state index contributed by atoms with van der Waals surface area (Å²) < 4.78 is 0. The van der Waals surface area contributed by atoms with Gasteiger partial charge in [-0.15, -0.1) is 0 Å². The molecule has 19 heavy (non-hydrogen) atoms. The average Bonchev–Trinajstić information content (AvgIpc) is 3.18. The first-order valence-electron chi connectivity index (χ1n) is 7.04. The third-order valence-corrected chi connectivity index (χ3v) is 4.26. The highest BCUT2D eigenvalue weighted by Crippen LogP contribution is 2.35. The van der Waals surface area contributed by atoms with E-state index in [1.165, 1.54) is 12.8 Å². The lowest BCUT2D eigenvalue weighted by molar-refractivity contribution is 0.193. The van der Waals surface area contributed by atoms with Crippen LogP contribution in [0.1, 0.15) is 37.8 Å². The van der Waals surface area contributed by atoms with Gasteiger partial charge in [0.25, 0.3) is 0 Å². The summed E-state index contributed by atoms with van der Waals surface area (Å²) in [5.41, 5.74) is 7.07. The van der Waals surface area contributed by atoms with E-state index in [2.05, 4.69) is 11.8 Å². The molecule has 1 atom stereocenters. The molecule has 0 spiro atoms. The molecular formula is C15H22Cl2N2. The number of halogens is 2. The van der Waals surface area contributed by atoms with Crippen LogP contribution >= 0.6 is 23.2 Å². The van der Waals surface area contributed by atoms with Crippen LogP contribution in [0.15, 0.2) is 18.2 Å². The van der Waals surface area contributed by atoms with E-state index < -0.39 is 0 Å². The molecule has 2 nitrogen and oxygen atoms in total. The average molecular weight is 301 g/mol. The van der Waals surface area contributed by atoms with Crippen LogP contribution in [0.25, 0.3) is 0 Å². The zero-order chi connectivity index (χ0) is 13.8. The quantitative estimate of drug-likeness (QED) is 0.821. The Kier molecular flexibility index (Phi) is 5.52. The number of rotatable bonds is 7. The largest absolute Gasteiger partial charge is 0.329 e. The van der Waals surface area contributed by atoms with Gasteiger partial charge in [0, 0.05) is 29.2 Å². The normalized spacial score (nSPS) is 16.9. The predicted molar refractivity (Wildman–Crippen MR) is 82.8 cm³/mol. The van der Waals surface area contributed by atoms with Crippen molar-refractivity contribution in [3.63, 3.8) is 0 Å². The zero-order valence-corrected chi connectivity index (χ0v) is 12.9. The molecule has 0 saturated heterocycles. The van der Waals surface area contributed by atoms with E-state index in [9.17, 15) is 0 Å². The van der Waals surface area contributed by atoms with Crippen LogP contribution in [0, 0.1) is 5.92 Å². The van der Waals surface area contributed by atoms with Crippen LogP contribution in [0.4, 0.5) is 0 Å². The molecule has 0 heterocycles. The standard InChI is InChI=1S/C15H22Cl2N2/c1-2-7-19(10-11-3-4-11)15(9-18)13-8-12(16)5-6-14(13)17/h5-6,8,11,15H,2-4,7,9-10,18H2,1H3. The SMILES string of the molecule is CCCN(CC1CC1)C(CN)c1cc(Cl)ccc1Cl. The topological polar surface area (TPSA) is 29.3 Å². The molecule has 1 aromatic carbocycles. The van der Waals surface area contributed by atoms with Gasteiger partial charge in [-0.25, -0.2) is 0 Å². The Bertz CT molecular complexity index is 419. The first-order valence-corrected chi connectivity index (χ1v) is 7.80. The highest BCUT2D eigenvalue weighted by Gasteiger charge is 2.28. The van der Waals surface area contributed by atoms with E-state index in [1.807, 2.05) is 18.2 Å². The molecule has 0 aromatic heterocycles. The Balaban J connectivity index is 2.21. The number of nitrogens with zero attached hydrogens (tertiary/aromatic N) is 1. The van der Waals surface area contributed by atoms with E-state index in [1.54, 1.807) is 0 Å². The van der Waals surface area contributed by atoms with Crippen molar-refractivity contribution in [3.05, 3.63) is 33.8 Å². The molecule has 1 fully saturated rings. The van der Waals surface area contributed by atoms with Crippen molar-refractivity contribution < 1.29 is 0 Å². The van der Waals surface area contributed by atoms with Crippen molar-refractivity contribution in [2.45, 2.75) is 32.2 Å². The number of hydrogen-bond acceptors (Lipinski definition) is 2. The summed E-state index contributed by atoms with van der Waals surface area (Å²) in [6, 6.07) is 5.82. The first kappa shape index (κ1) is 15.1. The Morgan fingerprint density at radius 2 is 2.11 bits per heavy atom. The molecule has 1 aliphatic carbocycles. The van der Waals surface area contributed by atoms with Crippen LogP contribution in [-0.4, -0.2) is 24.5 Å². The molecule has 0 aliphatic heterocycles. The van der Waals surface area contributed by atoms with Gasteiger partial charge in [-0.05, 0) is 55.5 Å². The minimum atomic E-state index is 0.173. The number of nitrogens with two attached hydrogens (primary N) is 1. The van der Waals surface area contributed by atoms with Gasteiger partial charge in [-0.3, -0.25) is 4.90 Å². The molecule has 1 aromatic rings. The lowest BCUT2D eigenvalue weighted by Crippen LogP contribution is -2.36. The lowest BCUT2D eigenvalue weighted by atomic mass is 10.0. The van der Waals surface area contributed by atoms with Gasteiger partial charge in [0.05, 0.1) is 0 Å². The van der Waals surface area contributed by atoms with Crippen molar-refractivity contribution in [1.29, 1.82) is 0 Å². The fraction of sp³-hybridized carbons (Fsp3) is 0.600. The summed E-state index contributed by atoms with van der Waals surface area (Å²) in [5, 5.41) is 1.48. The second kappa shape index (κ2) is 6.94. The molecule has 4 heteroatoms. The van der Waals surface area contributed by atoms with Crippen LogP contribution < -0.4 is 5.73 Å². The maximum absolute atomic E-state index is 6.33. The first-order chi connectivity index (χ1) is 9.15. The zero-order valence-electron chi connectivity index (χ0n) is 11.4. The van der Waals surface area contributed by atoms with Gasteiger partial charge >= 0.3 is 0 Å². The van der Waals surface area contributed by atoms with Crippen molar-refractivity contribution in [1.82, 2.24) is 4.90 Å². The second-order valence-electron chi connectivity index (χ2n) is 5.36. The molecule has 2 N–H and O–H groups in total. The summed E-state index contributed by atoms with van der Waals surface area (Å²) >= 11 is 12.4. The van der Waals surface area contributed by atoms with E-state index in [4.69, 9.17) is 28.9 Å². The maximum Gasteiger partial charge on any atom is 0.0485 e. The van der Waals surface area contributed by atoms with Crippen molar-refractivity contribution >= 4 is 23.2 Å². The minimum absolute atomic E-state index is 0.173. The fourth-order valence-electron chi connectivity index (χ4n) is 2.54. The summed E-state index contributed by atoms with van der Waals surface area (Å²) in [6.45, 7) is 4.96. The third kappa shape index (κ3) is 4.09. The molecular weight excluding hydrogens is 279 g/mol. The molecule has 0 bridgehead atoms. The number of hydrogen-bond donors (Lipinski definition) is 1. The second-order valence-corrected chi connectivity index (χ2v) is 6.20. The minimum Gasteiger partial charge on any atom is -0.329 e. The Labute approximate surface area is 125 Å². The predicted octanol–water partition coefficient (Wildman–Crippen LogP) is 4.12. The monoisotopic (exact) mass is 300 g/mol. The molecule has 0 radical (unpaired) electrons. The highest BCUT2D eigenvalue weighted by molar-refractivity contribution is 6.33. The van der Waals surface area contributed by atoms with Gasteiger partial charge < -0.3 is 5.73 Å². The summed E-state index contributed by atoms with van der Waals surface area (Å²) in [5.74, 6) is 0.846. The van der Waals surface area contributed by atoms with Crippen LogP contribution in [0.3, 0.4) is 0 Å². The van der Waals surface area contributed by atoms with Gasteiger partial charge in [0.1, 0.15) is 0 Å². The fourth-order valence-corrected chi connectivity index (χ4v) is 2.96.